The van der Waals surface area contributed by atoms with Crippen LogP contribution in [-0.2, 0) is 4.79 Å². The monoisotopic (exact) mass is 380 g/mol. The normalized spacial score (nSPS) is 17.5. The van der Waals surface area contributed by atoms with Gasteiger partial charge in [-0.1, -0.05) is 48.0 Å². The summed E-state index contributed by atoms with van der Waals surface area (Å²) in [5.41, 5.74) is 4.02. The highest BCUT2D eigenvalue weighted by Crippen LogP contribution is 2.31. The molecule has 148 valence electrons. The van der Waals surface area contributed by atoms with Crippen LogP contribution in [0.15, 0.2) is 53.5 Å². The SMILES string of the molecule is CCNC(=NCC(O)c1ccc(C)cc1)NCC1CC(=O)Nc2ccccc21. The predicted molar refractivity (Wildman–Crippen MR) is 113 cm³/mol. The molecule has 6 heteroatoms. The fourth-order valence-corrected chi connectivity index (χ4v) is 3.32. The molecule has 0 spiro atoms. The number of nitrogens with zero attached hydrogens (tertiary/aromatic N) is 1. The molecule has 1 aliphatic rings. The molecule has 3 rings (SSSR count). The summed E-state index contributed by atoms with van der Waals surface area (Å²) in [6, 6.07) is 15.7. The van der Waals surface area contributed by atoms with Crippen molar-refractivity contribution in [3.63, 3.8) is 0 Å². The molecule has 2 aromatic carbocycles. The molecule has 2 aromatic rings. The number of aliphatic hydroxyl groups excluding tert-OH is 1. The number of anilines is 1. The third-order valence-electron chi connectivity index (χ3n) is 4.85. The average Bonchev–Trinajstić information content (AvgIpc) is 2.70. The van der Waals surface area contributed by atoms with Crippen molar-refractivity contribution in [3.8, 4) is 0 Å². The quantitative estimate of drug-likeness (QED) is 0.459. The Morgan fingerprint density at radius 3 is 2.71 bits per heavy atom. The maximum atomic E-state index is 12.0. The summed E-state index contributed by atoms with van der Waals surface area (Å²) in [5.74, 6) is 0.746. The van der Waals surface area contributed by atoms with Gasteiger partial charge in [-0.3, -0.25) is 9.79 Å². The van der Waals surface area contributed by atoms with Crippen molar-refractivity contribution < 1.29 is 9.90 Å². The first-order chi connectivity index (χ1) is 13.6. The van der Waals surface area contributed by atoms with Gasteiger partial charge in [0, 0.05) is 31.1 Å². The van der Waals surface area contributed by atoms with Crippen molar-refractivity contribution in [1.29, 1.82) is 0 Å². The van der Waals surface area contributed by atoms with Gasteiger partial charge in [-0.15, -0.1) is 0 Å². The van der Waals surface area contributed by atoms with Gasteiger partial charge in [-0.2, -0.15) is 0 Å². The number of aliphatic hydroxyl groups is 1. The van der Waals surface area contributed by atoms with Crippen LogP contribution in [0, 0.1) is 6.92 Å². The highest BCUT2D eigenvalue weighted by molar-refractivity contribution is 5.94. The van der Waals surface area contributed by atoms with Crippen LogP contribution in [0.4, 0.5) is 5.69 Å². The summed E-state index contributed by atoms with van der Waals surface area (Å²) in [7, 11) is 0. The number of carbonyl (C=O) groups is 1. The van der Waals surface area contributed by atoms with Crippen LogP contribution >= 0.6 is 0 Å². The summed E-state index contributed by atoms with van der Waals surface area (Å²) in [5, 5.41) is 19.8. The van der Waals surface area contributed by atoms with Gasteiger partial charge in [0.15, 0.2) is 5.96 Å². The highest BCUT2D eigenvalue weighted by atomic mass is 16.3. The molecule has 1 amide bonds. The van der Waals surface area contributed by atoms with E-state index < -0.39 is 6.10 Å². The fourth-order valence-electron chi connectivity index (χ4n) is 3.32. The molecule has 0 saturated heterocycles. The third kappa shape index (κ3) is 5.10. The molecule has 2 atom stereocenters. The number of aryl methyl sites for hydroxylation is 1. The van der Waals surface area contributed by atoms with Crippen molar-refractivity contribution in [2.75, 3.05) is 25.0 Å². The minimum atomic E-state index is -0.655. The Kier molecular flexibility index (Phi) is 6.66. The molecule has 2 unspecified atom stereocenters. The van der Waals surface area contributed by atoms with Gasteiger partial charge in [0.25, 0.3) is 0 Å². The number of benzene rings is 2. The van der Waals surface area contributed by atoms with E-state index in [-0.39, 0.29) is 18.4 Å². The van der Waals surface area contributed by atoms with Crippen molar-refractivity contribution in [1.82, 2.24) is 10.6 Å². The van der Waals surface area contributed by atoms with Crippen molar-refractivity contribution in [3.05, 3.63) is 65.2 Å². The minimum absolute atomic E-state index is 0.0298. The summed E-state index contributed by atoms with van der Waals surface area (Å²) in [6.07, 6.45) is -0.215. The Morgan fingerprint density at radius 1 is 1.21 bits per heavy atom. The predicted octanol–water partition coefficient (Wildman–Crippen LogP) is 2.71. The van der Waals surface area contributed by atoms with Gasteiger partial charge in [0.1, 0.15) is 0 Å². The molecular formula is C22H28N4O2. The van der Waals surface area contributed by atoms with E-state index in [1.165, 1.54) is 0 Å². The Morgan fingerprint density at radius 2 is 1.96 bits per heavy atom. The van der Waals surface area contributed by atoms with E-state index in [1.54, 1.807) is 0 Å². The zero-order valence-electron chi connectivity index (χ0n) is 16.4. The molecule has 0 aliphatic carbocycles. The van der Waals surface area contributed by atoms with Crippen molar-refractivity contribution in [2.24, 2.45) is 4.99 Å². The van der Waals surface area contributed by atoms with E-state index in [2.05, 4.69) is 20.9 Å². The lowest BCUT2D eigenvalue weighted by Gasteiger charge is -2.26. The van der Waals surface area contributed by atoms with Crippen LogP contribution in [0.5, 0.6) is 0 Å². The lowest BCUT2D eigenvalue weighted by molar-refractivity contribution is -0.116. The summed E-state index contributed by atoms with van der Waals surface area (Å²) < 4.78 is 0. The topological polar surface area (TPSA) is 85.8 Å². The number of fused-ring (bicyclic) bond motifs is 1. The number of guanidine groups is 1. The van der Waals surface area contributed by atoms with Gasteiger partial charge in [0.2, 0.25) is 5.91 Å². The summed E-state index contributed by atoms with van der Waals surface area (Å²) >= 11 is 0. The summed E-state index contributed by atoms with van der Waals surface area (Å²) in [6.45, 7) is 5.59. The van der Waals surface area contributed by atoms with Crippen LogP contribution in [0.1, 0.15) is 42.1 Å². The van der Waals surface area contributed by atoms with E-state index in [0.29, 0.717) is 25.5 Å². The van der Waals surface area contributed by atoms with E-state index in [0.717, 1.165) is 22.4 Å². The molecule has 6 nitrogen and oxygen atoms in total. The first-order valence-corrected chi connectivity index (χ1v) is 9.72. The van der Waals surface area contributed by atoms with Gasteiger partial charge in [0.05, 0.1) is 12.6 Å². The number of aliphatic imine (C=N–C) groups is 1. The number of para-hydroxylation sites is 1. The maximum Gasteiger partial charge on any atom is 0.225 e. The number of hydrogen-bond donors (Lipinski definition) is 4. The van der Waals surface area contributed by atoms with Crippen LogP contribution in [-0.4, -0.2) is 36.6 Å². The molecule has 4 N–H and O–H groups in total. The van der Waals surface area contributed by atoms with Gasteiger partial charge in [-0.25, -0.2) is 0 Å². The van der Waals surface area contributed by atoms with Gasteiger partial charge >= 0.3 is 0 Å². The lowest BCUT2D eigenvalue weighted by Crippen LogP contribution is -2.41. The lowest BCUT2D eigenvalue weighted by atomic mass is 9.90. The average molecular weight is 380 g/mol. The number of amides is 1. The van der Waals surface area contributed by atoms with E-state index in [9.17, 15) is 9.90 Å². The van der Waals surface area contributed by atoms with Gasteiger partial charge in [-0.05, 0) is 31.0 Å². The maximum absolute atomic E-state index is 12.0. The van der Waals surface area contributed by atoms with Crippen LogP contribution < -0.4 is 16.0 Å². The second-order valence-corrected chi connectivity index (χ2v) is 7.06. The summed E-state index contributed by atoms with van der Waals surface area (Å²) in [4.78, 5) is 16.5. The Hall–Kier alpha value is -2.86. The largest absolute Gasteiger partial charge is 0.386 e. The van der Waals surface area contributed by atoms with Crippen molar-refractivity contribution in [2.45, 2.75) is 32.3 Å². The Bertz CT molecular complexity index is 833. The smallest absolute Gasteiger partial charge is 0.225 e. The molecule has 0 saturated carbocycles. The first-order valence-electron chi connectivity index (χ1n) is 9.72. The van der Waals surface area contributed by atoms with E-state index >= 15 is 0 Å². The Labute approximate surface area is 166 Å². The zero-order chi connectivity index (χ0) is 19.9. The zero-order valence-corrected chi connectivity index (χ0v) is 16.4. The molecule has 28 heavy (non-hydrogen) atoms. The third-order valence-corrected chi connectivity index (χ3v) is 4.85. The number of hydrogen-bond acceptors (Lipinski definition) is 3. The first kappa shape index (κ1) is 19.9. The molecule has 0 aromatic heterocycles. The number of carbonyl (C=O) groups excluding carboxylic acids is 1. The second kappa shape index (κ2) is 9.37. The van der Waals surface area contributed by atoms with Crippen LogP contribution in [0.25, 0.3) is 0 Å². The molecule has 0 bridgehead atoms. The number of rotatable bonds is 6. The highest BCUT2D eigenvalue weighted by Gasteiger charge is 2.24. The van der Waals surface area contributed by atoms with Crippen LogP contribution in [0.3, 0.4) is 0 Å². The minimum Gasteiger partial charge on any atom is -0.386 e. The fraction of sp³-hybridized carbons (Fsp3) is 0.364. The number of nitrogens with one attached hydrogen (secondary N) is 3. The van der Waals surface area contributed by atoms with Crippen LogP contribution in [0.2, 0.25) is 0 Å². The molecule has 0 radical (unpaired) electrons. The molecule has 1 aliphatic heterocycles. The standard InChI is InChI=1S/C22H28N4O2/c1-3-23-22(25-14-20(27)16-10-8-15(2)9-11-16)24-13-17-12-21(28)26-19-7-5-4-6-18(17)19/h4-11,17,20,27H,3,12-14H2,1-2H3,(H,26,28)(H2,23,24,25). The van der Waals surface area contributed by atoms with E-state index in [1.807, 2.05) is 62.4 Å². The van der Waals surface area contributed by atoms with E-state index in [4.69, 9.17) is 0 Å². The Balaban J connectivity index is 1.64. The van der Waals surface area contributed by atoms with Crippen molar-refractivity contribution >= 4 is 17.6 Å². The van der Waals surface area contributed by atoms with Gasteiger partial charge < -0.3 is 21.1 Å². The second-order valence-electron chi connectivity index (χ2n) is 7.06. The molecule has 0 fully saturated rings. The molecular weight excluding hydrogens is 352 g/mol. The molecule has 1 heterocycles.